The summed E-state index contributed by atoms with van der Waals surface area (Å²) in [7, 11) is 2.45. The summed E-state index contributed by atoms with van der Waals surface area (Å²) in [5.41, 5.74) is 9.88. The third kappa shape index (κ3) is 12.8. The first-order chi connectivity index (χ1) is 13.3. The minimum Gasteiger partial charge on any atom is -0.358 e. The Bertz CT molecular complexity index is 816. The third-order valence-corrected chi connectivity index (χ3v) is 7.93. The standard InChI is InChI=1S/C10H15Si2.C10H15.C7H7.3CH3.Ti/c1-8-5-9(11)7-10(6-8)12(2,3)4;1-6-7(2)9(4)10(5)8(6)3;1-7-5-3-2-4-6-7;;;;/h5-7H,1-4H3;1-5H3;2-5H,1H3;3*1H3;/q;5*-1;. The van der Waals surface area contributed by atoms with Crippen LogP contribution in [-0.2, 0) is 21.7 Å². The number of hydrogen-bond acceptors (Lipinski definition) is 0. The van der Waals surface area contributed by atoms with Gasteiger partial charge in [0.05, 0.1) is 18.3 Å². The van der Waals surface area contributed by atoms with Crippen molar-refractivity contribution >= 4 is 28.7 Å². The molecule has 0 aliphatic carbocycles. The number of benzene rings is 2. The monoisotopic (exact) mass is 510 g/mol. The van der Waals surface area contributed by atoms with Crippen molar-refractivity contribution < 1.29 is 21.7 Å². The molecule has 0 aliphatic heterocycles. The van der Waals surface area contributed by atoms with Crippen LogP contribution >= 0.6 is 0 Å². The summed E-state index contributed by atoms with van der Waals surface area (Å²) in [6, 6.07) is 17.6. The first kappa shape index (κ1) is 39.2. The van der Waals surface area contributed by atoms with E-state index < -0.39 is 8.07 Å². The van der Waals surface area contributed by atoms with Crippen LogP contribution in [0.1, 0.15) is 38.9 Å². The molecule has 0 amide bonds. The smallest absolute Gasteiger partial charge is 0.0775 e. The van der Waals surface area contributed by atoms with Crippen molar-refractivity contribution in [2.75, 3.05) is 0 Å². The molecule has 3 aromatic rings. The third-order valence-electron chi connectivity index (χ3n) is 5.62. The van der Waals surface area contributed by atoms with Gasteiger partial charge in [-0.05, 0) is 6.92 Å². The normalized spacial score (nSPS) is 9.30. The Labute approximate surface area is 227 Å². The fourth-order valence-electron chi connectivity index (χ4n) is 3.11. The summed E-state index contributed by atoms with van der Waals surface area (Å²) in [4.78, 5) is 0. The molecule has 0 N–H and O–H groups in total. The first-order valence-electron chi connectivity index (χ1n) is 10.3. The maximum absolute atomic E-state index is 3.58. The van der Waals surface area contributed by atoms with Crippen molar-refractivity contribution in [2.24, 2.45) is 0 Å². The largest absolute Gasteiger partial charge is 0.358 e. The molecule has 0 spiro atoms. The van der Waals surface area contributed by atoms with Gasteiger partial charge in [-0.15, -0.1) is 0 Å². The van der Waals surface area contributed by atoms with Gasteiger partial charge in [0.1, 0.15) is 0 Å². The van der Waals surface area contributed by atoms with Crippen molar-refractivity contribution in [1.29, 1.82) is 0 Å². The molecule has 0 aromatic heterocycles. The zero-order valence-electron chi connectivity index (χ0n) is 23.5. The van der Waals surface area contributed by atoms with Crippen molar-refractivity contribution in [3.05, 3.63) is 110 Å². The Hall–Kier alpha value is -1.06. The van der Waals surface area contributed by atoms with Crippen molar-refractivity contribution in [3.63, 3.8) is 0 Å². The van der Waals surface area contributed by atoms with Gasteiger partial charge in [0.2, 0.25) is 0 Å². The van der Waals surface area contributed by atoms with Gasteiger partial charge in [-0.1, -0.05) is 95.3 Å². The first-order valence-corrected chi connectivity index (χ1v) is 14.3. The summed E-state index contributed by atoms with van der Waals surface area (Å²) in [5, 5.41) is 2.72. The van der Waals surface area contributed by atoms with Gasteiger partial charge in [0.25, 0.3) is 0 Å². The SMILES string of the molecule is Cc1[c-]cccc1.Cc1c(C)c(C)[c-](C)c1C.Cc1cc([Si])cc([Si](C)(C)C)c1.[CH3-].[CH3-].[CH3-].[Ti]. The van der Waals surface area contributed by atoms with E-state index in [0.29, 0.717) is 0 Å². The molecule has 0 unspecified atom stereocenters. The molecule has 0 atom stereocenters. The zero-order valence-corrected chi connectivity index (χ0v) is 27.1. The Kier molecular flexibility index (Phi) is 20.6. The average molecular weight is 511 g/mol. The van der Waals surface area contributed by atoms with Crippen molar-refractivity contribution in [2.45, 2.75) is 68.1 Å². The van der Waals surface area contributed by atoms with E-state index in [1.165, 1.54) is 49.3 Å². The van der Waals surface area contributed by atoms with Gasteiger partial charge in [-0.2, -0.15) is 63.7 Å². The van der Waals surface area contributed by atoms with Crippen LogP contribution in [-0.4, -0.2) is 18.3 Å². The Morgan fingerprint density at radius 1 is 0.788 bits per heavy atom. The fourth-order valence-corrected chi connectivity index (χ4v) is 4.88. The molecular formula is C30H46Si2Ti-5. The van der Waals surface area contributed by atoms with Crippen LogP contribution in [0.5, 0.6) is 0 Å². The maximum atomic E-state index is 3.58. The van der Waals surface area contributed by atoms with Gasteiger partial charge in [-0.25, -0.2) is 0 Å². The van der Waals surface area contributed by atoms with Gasteiger partial charge >= 0.3 is 0 Å². The van der Waals surface area contributed by atoms with E-state index in [9.17, 15) is 0 Å². The minimum atomic E-state index is -1.13. The van der Waals surface area contributed by atoms with Gasteiger partial charge < -0.3 is 22.3 Å². The Morgan fingerprint density at radius 3 is 1.52 bits per heavy atom. The molecule has 0 saturated carbocycles. The van der Waals surface area contributed by atoms with E-state index in [1.807, 2.05) is 31.2 Å². The van der Waals surface area contributed by atoms with Crippen molar-refractivity contribution in [3.8, 4) is 0 Å². The van der Waals surface area contributed by atoms with Crippen LogP contribution in [0.4, 0.5) is 0 Å². The molecule has 183 valence electrons. The summed E-state index contributed by atoms with van der Waals surface area (Å²) in [6.45, 7) is 22.3. The summed E-state index contributed by atoms with van der Waals surface area (Å²) >= 11 is 0. The fraction of sp³-hybridized carbons (Fsp3) is 0.333. The number of aryl methyl sites for hydroxylation is 2. The molecule has 0 nitrogen and oxygen atoms in total. The summed E-state index contributed by atoms with van der Waals surface area (Å²) < 4.78 is 0. The second kappa shape index (κ2) is 17.4. The summed E-state index contributed by atoms with van der Waals surface area (Å²) in [6.07, 6.45) is 0. The van der Waals surface area contributed by atoms with Crippen molar-refractivity contribution in [1.82, 2.24) is 0 Å². The molecule has 0 saturated heterocycles. The van der Waals surface area contributed by atoms with Crippen LogP contribution in [0.2, 0.25) is 19.6 Å². The second-order valence-electron chi connectivity index (χ2n) is 9.01. The van der Waals surface area contributed by atoms with E-state index in [0.717, 1.165) is 0 Å². The molecule has 3 aromatic carbocycles. The summed E-state index contributed by atoms with van der Waals surface area (Å²) in [5.74, 6) is 0. The van der Waals surface area contributed by atoms with Gasteiger partial charge in [0.15, 0.2) is 0 Å². The quantitative estimate of drug-likeness (QED) is 0.236. The minimum absolute atomic E-state index is 0. The zero-order chi connectivity index (χ0) is 22.4. The molecule has 0 aliphatic rings. The van der Waals surface area contributed by atoms with E-state index in [1.54, 1.807) is 0 Å². The molecular weight excluding hydrogens is 464 g/mol. The van der Waals surface area contributed by atoms with Gasteiger partial charge in [-0.3, -0.25) is 0 Å². The topological polar surface area (TPSA) is 0 Å². The predicted molar refractivity (Wildman–Crippen MR) is 155 cm³/mol. The van der Waals surface area contributed by atoms with E-state index in [-0.39, 0.29) is 44.0 Å². The van der Waals surface area contributed by atoms with E-state index in [4.69, 9.17) is 0 Å². The number of hydrogen-bond donors (Lipinski definition) is 0. The Balaban J connectivity index is -0.000000185. The van der Waals surface area contributed by atoms with Crippen LogP contribution in [0.15, 0.2) is 42.5 Å². The Morgan fingerprint density at radius 2 is 1.27 bits per heavy atom. The van der Waals surface area contributed by atoms with Crippen LogP contribution < -0.4 is 10.4 Å². The predicted octanol–water partition coefficient (Wildman–Crippen LogP) is 7.43. The molecule has 0 bridgehead atoms. The molecule has 3 heteroatoms. The van der Waals surface area contributed by atoms with Crippen LogP contribution in [0, 0.1) is 76.8 Å². The molecule has 3 radical (unpaired) electrons. The van der Waals surface area contributed by atoms with Gasteiger partial charge in [0, 0.05) is 21.7 Å². The molecule has 3 rings (SSSR count). The van der Waals surface area contributed by atoms with Crippen LogP contribution in [0.25, 0.3) is 0 Å². The van der Waals surface area contributed by atoms with E-state index in [2.05, 4.69) is 95.7 Å². The maximum Gasteiger partial charge on any atom is 0.0775 e. The van der Waals surface area contributed by atoms with E-state index >= 15 is 0 Å². The average Bonchev–Trinajstić information content (AvgIpc) is 2.80. The molecule has 33 heavy (non-hydrogen) atoms. The second-order valence-corrected chi connectivity index (χ2v) is 14.7. The number of rotatable bonds is 1. The molecule has 0 heterocycles. The molecule has 0 fully saturated rings. The van der Waals surface area contributed by atoms with Crippen LogP contribution in [0.3, 0.4) is 0 Å².